The molecular formula is C13H11N3O2S. The van der Waals surface area contributed by atoms with Gasteiger partial charge in [-0.15, -0.1) is 11.3 Å². The van der Waals surface area contributed by atoms with Crippen LogP contribution in [0, 0.1) is 11.8 Å². The summed E-state index contributed by atoms with van der Waals surface area (Å²) in [5, 5.41) is 18.7. The van der Waals surface area contributed by atoms with E-state index in [1.54, 1.807) is 6.07 Å². The molecule has 1 amide bonds. The molecule has 0 aromatic carbocycles. The zero-order valence-electron chi connectivity index (χ0n) is 9.96. The van der Waals surface area contributed by atoms with Gasteiger partial charge in [-0.25, -0.2) is 0 Å². The Labute approximate surface area is 114 Å². The van der Waals surface area contributed by atoms with Crippen LogP contribution in [0.5, 0.6) is 0 Å². The number of carbonyl (C=O) groups is 1. The Morgan fingerprint density at radius 2 is 2.26 bits per heavy atom. The smallest absolute Gasteiger partial charge is 0.253 e. The van der Waals surface area contributed by atoms with Gasteiger partial charge in [0.15, 0.2) is 0 Å². The Balaban J connectivity index is 1.92. The van der Waals surface area contributed by atoms with Crippen LogP contribution in [0.25, 0.3) is 0 Å². The van der Waals surface area contributed by atoms with E-state index in [0.29, 0.717) is 12.1 Å². The van der Waals surface area contributed by atoms with E-state index < -0.39 is 0 Å². The third-order valence-corrected chi connectivity index (χ3v) is 3.22. The third-order valence-electron chi connectivity index (χ3n) is 2.22. The van der Waals surface area contributed by atoms with Crippen LogP contribution in [0.1, 0.15) is 20.1 Å². The quantitative estimate of drug-likeness (QED) is 0.812. The minimum absolute atomic E-state index is 0.154. The molecular weight excluding hydrogens is 262 g/mol. The summed E-state index contributed by atoms with van der Waals surface area (Å²) in [6, 6.07) is 5.37. The second kappa shape index (κ2) is 6.64. The van der Waals surface area contributed by atoms with E-state index in [-0.39, 0.29) is 12.5 Å². The molecule has 0 saturated heterocycles. The van der Waals surface area contributed by atoms with Gasteiger partial charge >= 0.3 is 0 Å². The van der Waals surface area contributed by atoms with Crippen molar-refractivity contribution >= 4 is 17.2 Å². The van der Waals surface area contributed by atoms with Gasteiger partial charge in [-0.2, -0.15) is 10.2 Å². The highest BCUT2D eigenvalue weighted by Crippen LogP contribution is 2.15. The number of thiophene rings is 1. The summed E-state index contributed by atoms with van der Waals surface area (Å²) < 4.78 is 0. The summed E-state index contributed by atoms with van der Waals surface area (Å²) in [4.78, 5) is 13.6. The Bertz CT molecular complexity index is 614. The van der Waals surface area contributed by atoms with Crippen LogP contribution in [0.2, 0.25) is 0 Å². The van der Waals surface area contributed by atoms with Gasteiger partial charge < -0.3 is 10.4 Å². The van der Waals surface area contributed by atoms with E-state index in [2.05, 4.69) is 27.4 Å². The third kappa shape index (κ3) is 3.88. The fraction of sp³-hybridized carbons (Fsp3) is 0.154. The van der Waals surface area contributed by atoms with E-state index in [1.807, 2.05) is 12.1 Å². The highest BCUT2D eigenvalue weighted by Gasteiger charge is 2.05. The van der Waals surface area contributed by atoms with E-state index >= 15 is 0 Å². The highest BCUT2D eigenvalue weighted by molar-refractivity contribution is 7.12. The van der Waals surface area contributed by atoms with Crippen molar-refractivity contribution < 1.29 is 9.90 Å². The monoisotopic (exact) mass is 273 g/mol. The van der Waals surface area contributed by atoms with Crippen molar-refractivity contribution in [2.75, 3.05) is 6.61 Å². The number of aliphatic hydroxyl groups excluding tert-OH is 1. The first-order valence-electron chi connectivity index (χ1n) is 5.53. The average molecular weight is 273 g/mol. The lowest BCUT2D eigenvalue weighted by molar-refractivity contribution is 0.0950. The number of aliphatic hydroxyl groups is 1. The lowest BCUT2D eigenvalue weighted by Crippen LogP contribution is -2.22. The molecule has 2 heterocycles. The molecule has 0 atom stereocenters. The van der Waals surface area contributed by atoms with Gasteiger partial charge in [-0.1, -0.05) is 11.8 Å². The normalized spacial score (nSPS) is 9.53. The Hall–Kier alpha value is -2.23. The van der Waals surface area contributed by atoms with E-state index in [4.69, 9.17) is 5.11 Å². The molecule has 19 heavy (non-hydrogen) atoms. The topological polar surface area (TPSA) is 75.1 Å². The van der Waals surface area contributed by atoms with Crippen molar-refractivity contribution in [2.45, 2.75) is 6.54 Å². The standard InChI is InChI=1S/C13H11N3O2S/c17-7-1-2-11-3-4-12(19-11)9-14-13(18)10-5-6-15-16-8-10/h3-6,8,17H,7,9H2,(H,14,18). The van der Waals surface area contributed by atoms with Crippen LogP contribution in [0.15, 0.2) is 30.6 Å². The second-order valence-electron chi connectivity index (χ2n) is 3.54. The maximum Gasteiger partial charge on any atom is 0.253 e. The van der Waals surface area contributed by atoms with Gasteiger partial charge in [0.1, 0.15) is 6.61 Å². The van der Waals surface area contributed by atoms with Crippen molar-refractivity contribution in [3.05, 3.63) is 45.9 Å². The number of nitrogens with zero attached hydrogens (tertiary/aromatic N) is 2. The molecule has 0 aliphatic rings. The van der Waals surface area contributed by atoms with Gasteiger partial charge in [0.05, 0.1) is 29.4 Å². The molecule has 0 fully saturated rings. The summed E-state index contributed by atoms with van der Waals surface area (Å²) in [6.07, 6.45) is 2.89. The van der Waals surface area contributed by atoms with Crippen LogP contribution in [0.3, 0.4) is 0 Å². The largest absolute Gasteiger partial charge is 0.384 e. The number of nitrogens with one attached hydrogen (secondary N) is 1. The predicted molar refractivity (Wildman–Crippen MR) is 71.5 cm³/mol. The number of rotatable bonds is 3. The molecule has 2 aromatic heterocycles. The van der Waals surface area contributed by atoms with Crippen molar-refractivity contribution in [2.24, 2.45) is 0 Å². The number of aromatic nitrogens is 2. The van der Waals surface area contributed by atoms with Crippen LogP contribution < -0.4 is 5.32 Å². The highest BCUT2D eigenvalue weighted by atomic mass is 32.1. The molecule has 2 aromatic rings. The summed E-state index contributed by atoms with van der Waals surface area (Å²) in [6.45, 7) is 0.283. The van der Waals surface area contributed by atoms with Crippen LogP contribution in [0.4, 0.5) is 0 Å². The molecule has 2 rings (SSSR count). The molecule has 0 unspecified atom stereocenters. The first-order valence-corrected chi connectivity index (χ1v) is 6.34. The maximum absolute atomic E-state index is 11.8. The molecule has 96 valence electrons. The SMILES string of the molecule is O=C(NCc1ccc(C#CCO)s1)c1ccnnc1. The van der Waals surface area contributed by atoms with Crippen molar-refractivity contribution in [1.29, 1.82) is 0 Å². The molecule has 6 heteroatoms. The van der Waals surface area contributed by atoms with Crippen LogP contribution >= 0.6 is 11.3 Å². The number of amides is 1. The molecule has 0 aliphatic heterocycles. The van der Waals surface area contributed by atoms with Gasteiger partial charge in [-0.3, -0.25) is 4.79 Å². The zero-order chi connectivity index (χ0) is 13.5. The second-order valence-corrected chi connectivity index (χ2v) is 4.71. The van der Waals surface area contributed by atoms with Crippen LogP contribution in [-0.2, 0) is 6.54 Å². The number of carbonyl (C=O) groups excluding carboxylic acids is 1. The van der Waals surface area contributed by atoms with Gasteiger partial charge in [-0.05, 0) is 18.2 Å². The lowest BCUT2D eigenvalue weighted by atomic mass is 10.3. The van der Waals surface area contributed by atoms with Crippen molar-refractivity contribution in [3.63, 3.8) is 0 Å². The molecule has 0 saturated carbocycles. The maximum atomic E-state index is 11.8. The fourth-order valence-corrected chi connectivity index (χ4v) is 2.18. The van der Waals surface area contributed by atoms with Gasteiger partial charge in [0.2, 0.25) is 0 Å². The number of hydrogen-bond acceptors (Lipinski definition) is 5. The Morgan fingerprint density at radius 1 is 1.37 bits per heavy atom. The molecule has 0 spiro atoms. The summed E-state index contributed by atoms with van der Waals surface area (Å²) in [5.41, 5.74) is 0.479. The lowest BCUT2D eigenvalue weighted by Gasteiger charge is -2.02. The average Bonchev–Trinajstić information content (AvgIpc) is 2.91. The van der Waals surface area contributed by atoms with Crippen molar-refractivity contribution in [3.8, 4) is 11.8 Å². The first-order chi connectivity index (χ1) is 9.29. The summed E-state index contributed by atoms with van der Waals surface area (Å²) in [7, 11) is 0. The minimum Gasteiger partial charge on any atom is -0.384 e. The molecule has 0 aliphatic carbocycles. The first kappa shape index (κ1) is 13.2. The summed E-state index contributed by atoms with van der Waals surface area (Å²) >= 11 is 1.48. The molecule has 5 nitrogen and oxygen atoms in total. The predicted octanol–water partition coefficient (Wildman–Crippen LogP) is 0.812. The van der Waals surface area contributed by atoms with Crippen LogP contribution in [-0.4, -0.2) is 27.8 Å². The molecule has 0 bridgehead atoms. The fourth-order valence-electron chi connectivity index (χ4n) is 1.36. The minimum atomic E-state index is -0.189. The Kier molecular flexibility index (Phi) is 4.61. The Morgan fingerprint density at radius 3 is 3.00 bits per heavy atom. The van der Waals surface area contributed by atoms with E-state index in [9.17, 15) is 4.79 Å². The van der Waals surface area contributed by atoms with Gasteiger partial charge in [0.25, 0.3) is 5.91 Å². The molecule has 0 radical (unpaired) electrons. The summed E-state index contributed by atoms with van der Waals surface area (Å²) in [5.74, 6) is 5.21. The molecule has 2 N–H and O–H groups in total. The van der Waals surface area contributed by atoms with Crippen molar-refractivity contribution in [1.82, 2.24) is 15.5 Å². The zero-order valence-corrected chi connectivity index (χ0v) is 10.8. The number of hydrogen-bond donors (Lipinski definition) is 2. The van der Waals surface area contributed by atoms with E-state index in [1.165, 1.54) is 23.7 Å². The van der Waals surface area contributed by atoms with E-state index in [0.717, 1.165) is 9.75 Å². The van der Waals surface area contributed by atoms with Gasteiger partial charge in [0, 0.05) is 4.88 Å².